The third-order valence-electron chi connectivity index (χ3n) is 23.0. The smallest absolute Gasteiger partial charge is 0.194 e. The van der Waals surface area contributed by atoms with Crippen LogP contribution in [0.25, 0.3) is 83.9 Å². The highest BCUT2D eigenvalue weighted by Gasteiger charge is 2.35. The summed E-state index contributed by atoms with van der Waals surface area (Å²) in [6.45, 7) is 9.17. The molecule has 0 radical (unpaired) electrons. The predicted octanol–water partition coefficient (Wildman–Crippen LogP) is 33.2. The van der Waals surface area contributed by atoms with Crippen molar-refractivity contribution in [2.75, 3.05) is 0 Å². The lowest BCUT2D eigenvalue weighted by molar-refractivity contribution is 0.103. The van der Waals surface area contributed by atoms with Gasteiger partial charge in [0.1, 0.15) is 29.4 Å². The van der Waals surface area contributed by atoms with Gasteiger partial charge in [0.15, 0.2) is 11.6 Å². The number of allylic oxidation sites excluding steroid dienone is 6. The van der Waals surface area contributed by atoms with Crippen molar-refractivity contribution >= 4 is 123 Å². The van der Waals surface area contributed by atoms with Gasteiger partial charge in [-0.2, -0.15) is 15.8 Å². The molecule has 0 aliphatic heterocycles. The van der Waals surface area contributed by atoms with Gasteiger partial charge in [-0.15, -0.1) is 74.4 Å². The largest absolute Gasteiger partial charge is 0.289 e. The first-order chi connectivity index (χ1) is 55.1. The summed E-state index contributed by atoms with van der Waals surface area (Å²) >= 11 is 11.3. The van der Waals surface area contributed by atoms with Gasteiger partial charge >= 0.3 is 0 Å². The number of benzene rings is 3. The van der Waals surface area contributed by atoms with Crippen molar-refractivity contribution in [1.29, 1.82) is 15.8 Å². The molecule has 2 aliphatic rings. The lowest BCUT2D eigenvalue weighted by Gasteiger charge is -2.09. The zero-order chi connectivity index (χ0) is 78.2. The van der Waals surface area contributed by atoms with E-state index in [0.717, 1.165) is 66.7 Å². The Bertz CT molecular complexity index is 4520. The van der Waals surface area contributed by atoms with Crippen molar-refractivity contribution < 1.29 is 9.59 Å². The lowest BCUT2D eigenvalue weighted by atomic mass is 9.98. The van der Waals surface area contributed by atoms with Gasteiger partial charge in [-0.05, 0) is 134 Å². The Morgan fingerprint density at radius 2 is 0.643 bits per heavy atom. The van der Waals surface area contributed by atoms with Gasteiger partial charge < -0.3 is 0 Å². The van der Waals surface area contributed by atoms with Crippen LogP contribution >= 0.6 is 68.0 Å². The van der Waals surface area contributed by atoms with E-state index in [1.165, 1.54) is 313 Å². The van der Waals surface area contributed by atoms with E-state index in [2.05, 4.69) is 100 Å². The van der Waals surface area contributed by atoms with Crippen LogP contribution in [0.5, 0.6) is 0 Å². The monoisotopic (exact) mass is 1600 g/mol. The summed E-state index contributed by atoms with van der Waals surface area (Å²) in [7, 11) is 0. The maximum absolute atomic E-state index is 14.7. The highest BCUT2D eigenvalue weighted by atomic mass is 32.1. The fourth-order valence-corrected chi connectivity index (χ4v) is 24.2. The van der Waals surface area contributed by atoms with Gasteiger partial charge in [0.25, 0.3) is 0 Å². The molecule has 11 heteroatoms. The third kappa shape index (κ3) is 22.6. The van der Waals surface area contributed by atoms with Crippen molar-refractivity contribution in [2.24, 2.45) is 0 Å². The van der Waals surface area contributed by atoms with Crippen molar-refractivity contribution in [2.45, 2.75) is 310 Å². The zero-order valence-electron chi connectivity index (χ0n) is 67.7. The average molecular weight is 1600 g/mol. The van der Waals surface area contributed by atoms with Crippen LogP contribution in [-0.2, 0) is 25.7 Å². The molecule has 0 unspecified atom stereocenters. The molecule has 112 heavy (non-hydrogen) atoms. The number of hydrogen-bond acceptors (Lipinski definition) is 11. The molecule has 0 saturated carbocycles. The van der Waals surface area contributed by atoms with E-state index in [-0.39, 0.29) is 22.7 Å². The van der Waals surface area contributed by atoms with E-state index in [9.17, 15) is 25.4 Å². The van der Waals surface area contributed by atoms with Crippen molar-refractivity contribution in [3.8, 4) is 70.9 Å². The van der Waals surface area contributed by atoms with Crippen molar-refractivity contribution in [1.82, 2.24) is 0 Å². The first kappa shape index (κ1) is 85.6. The van der Waals surface area contributed by atoms with Gasteiger partial charge in [-0.25, -0.2) is 0 Å². The van der Waals surface area contributed by atoms with Crippen LogP contribution in [0.4, 0.5) is 0 Å². The van der Waals surface area contributed by atoms with E-state index < -0.39 is 0 Å². The molecule has 0 atom stereocenters. The van der Waals surface area contributed by atoms with Crippen LogP contribution in [0.1, 0.15) is 347 Å². The standard InChI is InChI=1S/C101H119N3O2S6/c1-6-11-15-19-23-27-31-35-39-43-51-73-63-78(65-84-92(72(10-5)69-102)80-55-47-49-57-82(80)96(84)105)109-98(73)90-67-86-94(88-61-59-76(107-88)53-45-41-37-33-29-25-21-17-13-8-3)101-87(95(100(86)111-90)89-62-60-77(108-89)54-46-42-38-34-30-26-22-18-14-9-4)68-91(112-101)99-74(52-44-40-36-32-28-24-20-16-12-7-2)64-79(110-99)66-85-93(75(70-103)71-104)81-56-48-50-58-83(81)97(85)106/h5,47-50,55-68H,6-9,11-46,51-54H2,1-4H3/b84-65-,85-66-,92-72-. The van der Waals surface area contributed by atoms with Crippen LogP contribution in [0.15, 0.2) is 119 Å². The molecule has 0 saturated heterocycles. The van der Waals surface area contributed by atoms with Gasteiger partial charge in [-0.1, -0.05) is 313 Å². The molecule has 3 aromatic carbocycles. The number of Topliss-reactive ketones (excluding diaryl/α,β-unsaturated/α-hetero) is 2. The zero-order valence-corrected chi connectivity index (χ0v) is 72.6. The third-order valence-corrected chi connectivity index (χ3v) is 30.2. The Balaban J connectivity index is 1.05. The number of carbonyl (C=O) groups is 2. The maximum atomic E-state index is 14.7. The highest BCUT2D eigenvalue weighted by molar-refractivity contribution is 7.29. The second-order valence-electron chi connectivity index (χ2n) is 31.6. The topological polar surface area (TPSA) is 106 Å². The van der Waals surface area contributed by atoms with Crippen LogP contribution in [-0.4, -0.2) is 11.6 Å². The molecule has 0 spiro atoms. The molecule has 586 valence electrons. The molecular formula is C101H119N3O2S6. The summed E-state index contributed by atoms with van der Waals surface area (Å²) in [6.07, 6.45) is 65.3. The number of aryl methyl sites for hydroxylation is 4. The number of nitriles is 3. The summed E-state index contributed by atoms with van der Waals surface area (Å²) in [4.78, 5) is 41.6. The molecule has 0 N–H and O–H groups in total. The molecule has 9 aromatic rings. The summed E-state index contributed by atoms with van der Waals surface area (Å²) < 4.78 is 2.59. The molecule has 0 amide bonds. The quantitative estimate of drug-likeness (QED) is 0.0163. The normalized spacial score (nSPS) is 13.8. The fraction of sp³-hybridized carbons (Fsp3) is 0.475. The van der Waals surface area contributed by atoms with E-state index >= 15 is 0 Å². The van der Waals surface area contributed by atoms with Gasteiger partial charge in [0.05, 0.1) is 0 Å². The number of rotatable bonds is 50. The Hall–Kier alpha value is -7.29. The molecule has 5 nitrogen and oxygen atoms in total. The molecule has 0 bridgehead atoms. The molecule has 6 heterocycles. The van der Waals surface area contributed by atoms with Gasteiger partial charge in [-0.3, -0.25) is 9.59 Å². The van der Waals surface area contributed by atoms with E-state index in [1.807, 2.05) is 106 Å². The molecule has 0 fully saturated rings. The lowest BCUT2D eigenvalue weighted by Crippen LogP contribution is -1.95. The minimum atomic E-state index is -0.153. The molecule has 6 aromatic heterocycles. The minimum Gasteiger partial charge on any atom is -0.289 e. The number of terminal acetylenes is 1. The maximum Gasteiger partial charge on any atom is 0.194 e. The number of carbonyl (C=O) groups excluding carboxylic acids is 2. The van der Waals surface area contributed by atoms with Crippen LogP contribution in [0, 0.1) is 46.3 Å². The predicted molar refractivity (Wildman–Crippen MR) is 490 cm³/mol. The van der Waals surface area contributed by atoms with Gasteiger partial charge in [0, 0.05) is 113 Å². The fourth-order valence-electron chi connectivity index (χ4n) is 16.8. The Labute approximate surface area is 696 Å². The number of ketones is 2. The van der Waals surface area contributed by atoms with Gasteiger partial charge in [0.2, 0.25) is 0 Å². The van der Waals surface area contributed by atoms with Crippen LogP contribution in [0.3, 0.4) is 0 Å². The van der Waals surface area contributed by atoms with E-state index in [1.54, 1.807) is 22.7 Å². The van der Waals surface area contributed by atoms with E-state index in [4.69, 9.17) is 6.42 Å². The number of hydrogen-bond donors (Lipinski definition) is 0. The SMILES string of the molecule is C#C/C(C#N)=C1/C(=C/c2cc(CCCCCCCCCCCC)c(-c3cc4c(-c5ccc(CCCCCCCCCCCC)s5)c5sc(-c6sc(/C=C7\C(=O)c8ccccc8C7=C(C#N)C#N)cc6CCCCCCCCCCCC)cc5c(-c5ccc(CCCCCCCCCCCC)s5)c4s3)s2)C(=O)c2ccccc21. The molecule has 2 aliphatic carbocycles. The van der Waals surface area contributed by atoms with Crippen molar-refractivity contribution in [3.63, 3.8) is 0 Å². The Morgan fingerprint density at radius 1 is 0.339 bits per heavy atom. The summed E-state index contributed by atoms with van der Waals surface area (Å²) in [6, 6.07) is 41.1. The molecule has 11 rings (SSSR count). The van der Waals surface area contributed by atoms with E-state index in [0.29, 0.717) is 39.0 Å². The van der Waals surface area contributed by atoms with Crippen molar-refractivity contribution in [3.05, 3.63) is 172 Å². The second-order valence-corrected chi connectivity index (χ2v) is 38.2. The number of thiophene rings is 6. The van der Waals surface area contributed by atoms with Crippen LogP contribution in [0.2, 0.25) is 0 Å². The van der Waals surface area contributed by atoms with Crippen LogP contribution < -0.4 is 0 Å². The number of fused-ring (bicyclic) bond motifs is 4. The average Bonchev–Trinajstić information content (AvgIpc) is 1.56. The number of unbranched alkanes of at least 4 members (excludes halogenated alkanes) is 36. The summed E-state index contributed by atoms with van der Waals surface area (Å²) in [5, 5.41) is 33.9. The highest BCUT2D eigenvalue weighted by Crippen LogP contribution is 2.57. The second kappa shape index (κ2) is 45.7. The number of nitrogens with zero attached hydrogens (tertiary/aromatic N) is 3. The Kier molecular flexibility index (Phi) is 34.9. The Morgan fingerprint density at radius 3 is 0.964 bits per heavy atom. The summed E-state index contributed by atoms with van der Waals surface area (Å²) in [5.74, 6) is 2.40. The minimum absolute atomic E-state index is 0.0450. The first-order valence-electron chi connectivity index (χ1n) is 43.5. The first-order valence-corrected chi connectivity index (χ1v) is 48.4. The summed E-state index contributed by atoms with van der Waals surface area (Å²) in [5.41, 5.74) is 9.63. The molecular weight excluding hydrogens is 1480 g/mol.